The number of carbonyl (C=O) groups is 1. The summed E-state index contributed by atoms with van der Waals surface area (Å²) in [5.74, 6) is 1.61. The van der Waals surface area contributed by atoms with Crippen LogP contribution in [0.1, 0.15) is 5.56 Å². The van der Waals surface area contributed by atoms with E-state index in [0.717, 1.165) is 18.7 Å². The van der Waals surface area contributed by atoms with Crippen LogP contribution in [0.3, 0.4) is 0 Å². The molecule has 2 aromatic rings. The molecule has 0 bridgehead atoms. The Morgan fingerprint density at radius 2 is 1.85 bits per heavy atom. The van der Waals surface area contributed by atoms with Gasteiger partial charge in [-0.05, 0) is 23.8 Å². The van der Waals surface area contributed by atoms with E-state index >= 15 is 0 Å². The number of hydrogen-bond acceptors (Lipinski definition) is 7. The molecule has 27 heavy (non-hydrogen) atoms. The highest BCUT2D eigenvalue weighted by Crippen LogP contribution is 2.27. The molecule has 3 rings (SSSR count). The summed E-state index contributed by atoms with van der Waals surface area (Å²) in [5.41, 5.74) is 1.36. The number of nitrogens with zero attached hydrogens (tertiary/aromatic N) is 3. The summed E-state index contributed by atoms with van der Waals surface area (Å²) in [5, 5.41) is 2.74. The monoisotopic (exact) mass is 370 g/mol. The molecule has 0 unspecified atom stereocenters. The molecular weight excluding hydrogens is 348 g/mol. The van der Waals surface area contributed by atoms with Crippen molar-refractivity contribution < 1.29 is 19.0 Å². The third-order valence-electron chi connectivity index (χ3n) is 4.03. The van der Waals surface area contributed by atoms with Crippen molar-refractivity contribution in [3.05, 3.63) is 42.2 Å². The number of carbonyl (C=O) groups excluding carboxylic acids is 1. The van der Waals surface area contributed by atoms with Crippen molar-refractivity contribution in [1.29, 1.82) is 0 Å². The first-order valence-electron chi connectivity index (χ1n) is 8.55. The van der Waals surface area contributed by atoms with Crippen LogP contribution in [0.25, 0.3) is 6.08 Å². The molecule has 8 nitrogen and oxygen atoms in total. The minimum absolute atomic E-state index is 0.271. The molecule has 142 valence electrons. The summed E-state index contributed by atoms with van der Waals surface area (Å²) in [6.07, 6.45) is 6.33. The van der Waals surface area contributed by atoms with E-state index in [1.807, 2.05) is 11.0 Å². The lowest BCUT2D eigenvalue weighted by molar-refractivity contribution is -0.111. The first kappa shape index (κ1) is 18.7. The second kappa shape index (κ2) is 9.00. The number of aromatic nitrogens is 2. The van der Waals surface area contributed by atoms with E-state index in [1.165, 1.54) is 6.08 Å². The average Bonchev–Trinajstić information content (AvgIpc) is 2.73. The average molecular weight is 370 g/mol. The molecule has 0 saturated carbocycles. The standard InChI is InChI=1S/C19H22N4O4/c1-25-16-5-3-14(11-17(16)26-2)4-6-18(24)22-15-12-20-19(21-13-15)23-7-9-27-10-8-23/h3-6,11-13H,7-10H2,1-2H3,(H,22,24)/b6-4+. The molecule has 1 amide bonds. The number of hydrogen-bond donors (Lipinski definition) is 1. The van der Waals surface area contributed by atoms with Crippen LogP contribution in [0.2, 0.25) is 0 Å². The van der Waals surface area contributed by atoms with E-state index in [4.69, 9.17) is 14.2 Å². The van der Waals surface area contributed by atoms with Gasteiger partial charge >= 0.3 is 0 Å². The van der Waals surface area contributed by atoms with E-state index in [0.29, 0.717) is 36.3 Å². The van der Waals surface area contributed by atoms with Crippen LogP contribution in [-0.2, 0) is 9.53 Å². The summed E-state index contributed by atoms with van der Waals surface area (Å²) < 4.78 is 15.8. The summed E-state index contributed by atoms with van der Waals surface area (Å²) in [6, 6.07) is 5.42. The van der Waals surface area contributed by atoms with Crippen LogP contribution in [-0.4, -0.2) is 56.4 Å². The lowest BCUT2D eigenvalue weighted by Crippen LogP contribution is -2.37. The highest BCUT2D eigenvalue weighted by atomic mass is 16.5. The van der Waals surface area contributed by atoms with Crippen LogP contribution in [0.4, 0.5) is 11.6 Å². The van der Waals surface area contributed by atoms with Crippen LogP contribution in [0.5, 0.6) is 11.5 Å². The normalized spacial score (nSPS) is 14.2. The molecule has 2 heterocycles. The van der Waals surface area contributed by atoms with Crippen LogP contribution >= 0.6 is 0 Å². The fourth-order valence-electron chi connectivity index (χ4n) is 2.62. The van der Waals surface area contributed by atoms with Gasteiger partial charge in [0.1, 0.15) is 0 Å². The molecule has 0 spiro atoms. The maximum Gasteiger partial charge on any atom is 0.248 e. The van der Waals surface area contributed by atoms with Crippen LogP contribution < -0.4 is 19.7 Å². The van der Waals surface area contributed by atoms with Crippen molar-refractivity contribution in [2.24, 2.45) is 0 Å². The molecule has 0 radical (unpaired) electrons. The van der Waals surface area contributed by atoms with Gasteiger partial charge in [0.05, 0.1) is 45.5 Å². The number of nitrogens with one attached hydrogen (secondary N) is 1. The van der Waals surface area contributed by atoms with E-state index in [-0.39, 0.29) is 5.91 Å². The van der Waals surface area contributed by atoms with E-state index in [1.54, 1.807) is 44.8 Å². The van der Waals surface area contributed by atoms with Crippen molar-refractivity contribution in [3.8, 4) is 11.5 Å². The Morgan fingerprint density at radius 3 is 2.52 bits per heavy atom. The number of ether oxygens (including phenoxy) is 3. The maximum absolute atomic E-state index is 12.1. The zero-order valence-corrected chi connectivity index (χ0v) is 15.3. The summed E-state index contributed by atoms with van der Waals surface area (Å²) in [6.45, 7) is 2.87. The summed E-state index contributed by atoms with van der Waals surface area (Å²) in [4.78, 5) is 22.8. The predicted octanol–water partition coefficient (Wildman–Crippen LogP) is 1.98. The van der Waals surface area contributed by atoms with Gasteiger partial charge in [0.15, 0.2) is 11.5 Å². The number of amides is 1. The molecule has 0 atom stereocenters. The topological polar surface area (TPSA) is 85.8 Å². The SMILES string of the molecule is COc1ccc(/C=C/C(=O)Nc2cnc(N3CCOCC3)nc2)cc1OC. The number of benzene rings is 1. The second-order valence-corrected chi connectivity index (χ2v) is 5.81. The van der Waals surface area contributed by atoms with Gasteiger partial charge in [-0.15, -0.1) is 0 Å². The first-order valence-corrected chi connectivity index (χ1v) is 8.55. The molecule has 1 aromatic heterocycles. The zero-order chi connectivity index (χ0) is 19.1. The number of anilines is 2. The minimum Gasteiger partial charge on any atom is -0.493 e. The molecule has 1 fully saturated rings. The Morgan fingerprint density at radius 1 is 1.15 bits per heavy atom. The smallest absolute Gasteiger partial charge is 0.248 e. The highest BCUT2D eigenvalue weighted by Gasteiger charge is 2.13. The molecule has 1 aromatic carbocycles. The van der Waals surface area contributed by atoms with Crippen molar-refractivity contribution >= 4 is 23.6 Å². The molecule has 1 aliphatic heterocycles. The maximum atomic E-state index is 12.1. The van der Waals surface area contributed by atoms with Gasteiger partial charge in [0.25, 0.3) is 0 Å². The Hall–Kier alpha value is -3.13. The molecule has 0 aliphatic carbocycles. The van der Waals surface area contributed by atoms with Crippen molar-refractivity contribution in [2.45, 2.75) is 0 Å². The van der Waals surface area contributed by atoms with Crippen molar-refractivity contribution in [2.75, 3.05) is 50.7 Å². The molecular formula is C19H22N4O4. The largest absolute Gasteiger partial charge is 0.493 e. The molecule has 1 N–H and O–H groups in total. The van der Waals surface area contributed by atoms with Gasteiger partial charge < -0.3 is 24.4 Å². The summed E-state index contributed by atoms with van der Waals surface area (Å²) in [7, 11) is 3.14. The van der Waals surface area contributed by atoms with Gasteiger partial charge in [-0.1, -0.05) is 6.07 Å². The third-order valence-corrected chi connectivity index (χ3v) is 4.03. The lowest BCUT2D eigenvalue weighted by Gasteiger charge is -2.26. The van der Waals surface area contributed by atoms with Crippen molar-refractivity contribution in [1.82, 2.24) is 9.97 Å². The molecule has 8 heteroatoms. The quantitative estimate of drug-likeness (QED) is 0.778. The van der Waals surface area contributed by atoms with Crippen molar-refractivity contribution in [3.63, 3.8) is 0 Å². The second-order valence-electron chi connectivity index (χ2n) is 5.81. The lowest BCUT2D eigenvalue weighted by atomic mass is 10.2. The molecule has 1 aliphatic rings. The first-order chi connectivity index (χ1) is 13.2. The Balaban J connectivity index is 1.59. The van der Waals surface area contributed by atoms with E-state index < -0.39 is 0 Å². The third kappa shape index (κ3) is 4.95. The fourth-order valence-corrected chi connectivity index (χ4v) is 2.62. The molecule has 1 saturated heterocycles. The van der Waals surface area contributed by atoms with Gasteiger partial charge in [0.2, 0.25) is 11.9 Å². The number of methoxy groups -OCH3 is 2. The van der Waals surface area contributed by atoms with Crippen LogP contribution in [0, 0.1) is 0 Å². The van der Waals surface area contributed by atoms with Gasteiger partial charge in [0, 0.05) is 19.2 Å². The highest BCUT2D eigenvalue weighted by molar-refractivity contribution is 6.01. The number of rotatable bonds is 6. The van der Waals surface area contributed by atoms with Crippen LogP contribution in [0.15, 0.2) is 36.7 Å². The Bertz CT molecular complexity index is 802. The minimum atomic E-state index is -0.271. The van der Waals surface area contributed by atoms with Gasteiger partial charge in [-0.3, -0.25) is 4.79 Å². The predicted molar refractivity (Wildman–Crippen MR) is 102 cm³/mol. The number of morpholine rings is 1. The Kier molecular flexibility index (Phi) is 6.22. The van der Waals surface area contributed by atoms with E-state index in [2.05, 4.69) is 15.3 Å². The Labute approximate surface area is 157 Å². The van der Waals surface area contributed by atoms with E-state index in [9.17, 15) is 4.79 Å². The van der Waals surface area contributed by atoms with Gasteiger partial charge in [-0.2, -0.15) is 0 Å². The fraction of sp³-hybridized carbons (Fsp3) is 0.316. The van der Waals surface area contributed by atoms with Gasteiger partial charge in [-0.25, -0.2) is 9.97 Å². The summed E-state index contributed by atoms with van der Waals surface area (Å²) >= 11 is 0. The zero-order valence-electron chi connectivity index (χ0n) is 15.3.